The summed E-state index contributed by atoms with van der Waals surface area (Å²) in [6.07, 6.45) is 1.13. The second kappa shape index (κ2) is 5.43. The lowest BCUT2D eigenvalue weighted by Gasteiger charge is -2.43. The number of ether oxygens (including phenoxy) is 2. The fraction of sp³-hybridized carbons (Fsp3) is 0.615. The maximum Gasteiger partial charge on any atom is 0.338 e. The summed E-state index contributed by atoms with van der Waals surface area (Å²) in [4.78, 5) is 20.1. The van der Waals surface area contributed by atoms with E-state index in [2.05, 4.69) is 9.97 Å². The lowest BCUT2D eigenvalue weighted by molar-refractivity contribution is -0.182. The Bertz CT molecular complexity index is 467. The number of carbonyl (C=O) groups excluding carboxylic acids is 1. The summed E-state index contributed by atoms with van der Waals surface area (Å²) in [6, 6.07) is 1.89. The smallest absolute Gasteiger partial charge is 0.338 e. The third kappa shape index (κ3) is 2.72. The van der Waals surface area contributed by atoms with Gasteiger partial charge in [0.05, 0.1) is 6.61 Å². The van der Waals surface area contributed by atoms with Gasteiger partial charge in [-0.3, -0.25) is 0 Å². The molecule has 0 saturated heterocycles. The predicted molar refractivity (Wildman–Crippen MR) is 70.1 cm³/mol. The highest BCUT2D eigenvalue weighted by molar-refractivity contribution is 6.28. The molecule has 0 atom stereocenters. The predicted octanol–water partition coefficient (Wildman–Crippen LogP) is 2.26. The standard InChI is InChI=1S/C13H17ClN2O3/c1-4-19-11(17)13(18-3)6-9(7-13)10-5-8(2)15-12(14)16-10/h5,9H,4,6-7H2,1-3H3. The molecule has 1 fully saturated rings. The summed E-state index contributed by atoms with van der Waals surface area (Å²) in [5, 5.41) is 0.237. The molecule has 1 aromatic heterocycles. The first-order valence-corrected chi connectivity index (χ1v) is 6.62. The van der Waals surface area contributed by atoms with Gasteiger partial charge in [-0.05, 0) is 44.4 Å². The summed E-state index contributed by atoms with van der Waals surface area (Å²) < 4.78 is 10.4. The van der Waals surface area contributed by atoms with Gasteiger partial charge in [0.2, 0.25) is 5.28 Å². The molecule has 104 valence electrons. The van der Waals surface area contributed by atoms with Crippen molar-refractivity contribution in [1.82, 2.24) is 9.97 Å². The monoisotopic (exact) mass is 284 g/mol. The lowest BCUT2D eigenvalue weighted by Crippen LogP contribution is -2.52. The summed E-state index contributed by atoms with van der Waals surface area (Å²) in [5.41, 5.74) is 0.849. The Morgan fingerprint density at radius 2 is 2.21 bits per heavy atom. The van der Waals surface area contributed by atoms with Gasteiger partial charge in [-0.15, -0.1) is 0 Å². The quantitative estimate of drug-likeness (QED) is 0.627. The molecular weight excluding hydrogens is 268 g/mol. The van der Waals surface area contributed by atoms with E-state index in [0.717, 1.165) is 11.4 Å². The molecule has 1 saturated carbocycles. The number of rotatable bonds is 4. The fourth-order valence-corrected chi connectivity index (χ4v) is 2.62. The molecule has 0 amide bonds. The Balaban J connectivity index is 2.10. The molecule has 0 radical (unpaired) electrons. The van der Waals surface area contributed by atoms with Crippen LogP contribution < -0.4 is 0 Å². The van der Waals surface area contributed by atoms with Crippen LogP contribution in [0.25, 0.3) is 0 Å². The zero-order valence-electron chi connectivity index (χ0n) is 11.3. The molecule has 6 heteroatoms. The molecule has 0 bridgehead atoms. The van der Waals surface area contributed by atoms with Gasteiger partial charge in [-0.1, -0.05) is 0 Å². The zero-order chi connectivity index (χ0) is 14.0. The van der Waals surface area contributed by atoms with Crippen LogP contribution in [0.15, 0.2) is 6.07 Å². The van der Waals surface area contributed by atoms with Crippen molar-refractivity contribution in [3.63, 3.8) is 0 Å². The van der Waals surface area contributed by atoms with Gasteiger partial charge in [0, 0.05) is 24.4 Å². The van der Waals surface area contributed by atoms with E-state index in [1.165, 1.54) is 7.11 Å². The SMILES string of the molecule is CCOC(=O)C1(OC)CC(c2cc(C)nc(Cl)n2)C1. The van der Waals surface area contributed by atoms with Crippen LogP contribution in [0.5, 0.6) is 0 Å². The van der Waals surface area contributed by atoms with Gasteiger partial charge in [-0.2, -0.15) is 0 Å². The number of hydrogen-bond acceptors (Lipinski definition) is 5. The van der Waals surface area contributed by atoms with Crippen molar-refractivity contribution in [3.05, 3.63) is 22.7 Å². The molecule has 2 rings (SSSR count). The van der Waals surface area contributed by atoms with E-state index in [-0.39, 0.29) is 17.2 Å². The second-order valence-electron chi connectivity index (χ2n) is 4.73. The lowest BCUT2D eigenvalue weighted by atomic mass is 9.69. The molecule has 1 aromatic rings. The van der Waals surface area contributed by atoms with Crippen molar-refractivity contribution in [1.29, 1.82) is 0 Å². The number of esters is 1. The molecule has 1 aliphatic carbocycles. The Hall–Kier alpha value is -1.20. The van der Waals surface area contributed by atoms with Gasteiger partial charge >= 0.3 is 5.97 Å². The first kappa shape index (κ1) is 14.2. The van der Waals surface area contributed by atoms with Crippen LogP contribution >= 0.6 is 11.6 Å². The van der Waals surface area contributed by atoms with Crippen LogP contribution in [-0.2, 0) is 14.3 Å². The third-order valence-corrected chi connectivity index (χ3v) is 3.62. The second-order valence-corrected chi connectivity index (χ2v) is 5.07. The molecule has 1 heterocycles. The van der Waals surface area contributed by atoms with Gasteiger partial charge in [-0.25, -0.2) is 14.8 Å². The van der Waals surface area contributed by atoms with Crippen LogP contribution in [0, 0.1) is 6.92 Å². The topological polar surface area (TPSA) is 61.3 Å². The number of nitrogens with zero attached hydrogens (tertiary/aromatic N) is 2. The Morgan fingerprint density at radius 3 is 2.74 bits per heavy atom. The Kier molecular flexibility index (Phi) is 4.06. The third-order valence-electron chi connectivity index (χ3n) is 3.46. The van der Waals surface area contributed by atoms with Gasteiger partial charge in [0.25, 0.3) is 0 Å². The van der Waals surface area contributed by atoms with Crippen molar-refractivity contribution in [3.8, 4) is 0 Å². The van der Waals surface area contributed by atoms with Crippen LogP contribution in [-0.4, -0.2) is 35.3 Å². The van der Waals surface area contributed by atoms with E-state index in [4.69, 9.17) is 21.1 Å². The highest BCUT2D eigenvalue weighted by Crippen LogP contribution is 2.47. The number of aromatic nitrogens is 2. The van der Waals surface area contributed by atoms with E-state index in [9.17, 15) is 4.79 Å². The molecular formula is C13H17ClN2O3. The number of halogens is 1. The van der Waals surface area contributed by atoms with Crippen molar-refractivity contribution in [2.24, 2.45) is 0 Å². The molecule has 1 aliphatic rings. The van der Waals surface area contributed by atoms with Crippen LogP contribution in [0.4, 0.5) is 0 Å². The largest absolute Gasteiger partial charge is 0.464 e. The van der Waals surface area contributed by atoms with Crippen LogP contribution in [0.1, 0.15) is 37.1 Å². The van der Waals surface area contributed by atoms with Crippen molar-refractivity contribution in [2.45, 2.75) is 38.2 Å². The highest BCUT2D eigenvalue weighted by atomic mass is 35.5. The minimum atomic E-state index is -0.827. The molecule has 0 N–H and O–H groups in total. The highest BCUT2D eigenvalue weighted by Gasteiger charge is 2.53. The number of hydrogen-bond donors (Lipinski definition) is 0. The molecule has 0 spiro atoms. The molecule has 0 aliphatic heterocycles. The van der Waals surface area contributed by atoms with E-state index in [1.807, 2.05) is 13.0 Å². The Morgan fingerprint density at radius 1 is 1.53 bits per heavy atom. The maximum atomic E-state index is 11.9. The number of carbonyl (C=O) groups is 1. The van der Waals surface area contributed by atoms with Crippen molar-refractivity contribution >= 4 is 17.6 Å². The molecule has 5 nitrogen and oxygen atoms in total. The zero-order valence-corrected chi connectivity index (χ0v) is 12.0. The summed E-state index contributed by atoms with van der Waals surface area (Å²) in [7, 11) is 1.53. The summed E-state index contributed by atoms with van der Waals surface area (Å²) in [5.74, 6) is -0.144. The van der Waals surface area contributed by atoms with Crippen molar-refractivity contribution in [2.75, 3.05) is 13.7 Å². The first-order chi connectivity index (χ1) is 9.00. The van der Waals surface area contributed by atoms with E-state index >= 15 is 0 Å². The normalized spacial score (nSPS) is 25.8. The molecule has 0 aromatic carbocycles. The van der Waals surface area contributed by atoms with Crippen LogP contribution in [0.2, 0.25) is 5.28 Å². The number of aryl methyl sites for hydroxylation is 1. The first-order valence-electron chi connectivity index (χ1n) is 6.24. The number of methoxy groups -OCH3 is 1. The maximum absolute atomic E-state index is 11.9. The van der Waals surface area contributed by atoms with E-state index in [1.54, 1.807) is 6.92 Å². The fourth-order valence-electron chi connectivity index (χ4n) is 2.39. The van der Waals surface area contributed by atoms with Gasteiger partial charge < -0.3 is 9.47 Å². The Labute approximate surface area is 117 Å². The van der Waals surface area contributed by atoms with Crippen molar-refractivity contribution < 1.29 is 14.3 Å². The van der Waals surface area contributed by atoms with E-state index < -0.39 is 5.60 Å². The summed E-state index contributed by atoms with van der Waals surface area (Å²) in [6.45, 7) is 4.00. The van der Waals surface area contributed by atoms with Gasteiger partial charge in [0.15, 0.2) is 5.60 Å². The minimum absolute atomic E-state index is 0.156. The van der Waals surface area contributed by atoms with E-state index in [0.29, 0.717) is 19.4 Å². The minimum Gasteiger partial charge on any atom is -0.464 e. The average molecular weight is 285 g/mol. The van der Waals surface area contributed by atoms with Crippen LogP contribution in [0.3, 0.4) is 0 Å². The molecule has 19 heavy (non-hydrogen) atoms. The van der Waals surface area contributed by atoms with Gasteiger partial charge in [0.1, 0.15) is 0 Å². The molecule has 0 unspecified atom stereocenters. The summed E-state index contributed by atoms with van der Waals surface area (Å²) >= 11 is 5.85. The average Bonchev–Trinajstić information content (AvgIpc) is 2.27.